The first kappa shape index (κ1) is 26.7. The average molecular weight is 503 g/mol. The second-order valence-electron chi connectivity index (χ2n) is 8.86. The number of sulfone groups is 1. The van der Waals surface area contributed by atoms with E-state index in [0.29, 0.717) is 23.3 Å². The molecule has 35 heavy (non-hydrogen) atoms. The topological polar surface area (TPSA) is 111 Å². The molecular weight excluding hydrogens is 468 g/mol. The highest BCUT2D eigenvalue weighted by Crippen LogP contribution is 2.40. The highest BCUT2D eigenvalue weighted by atomic mass is 32.2. The molecule has 2 aromatic rings. The zero-order valence-corrected chi connectivity index (χ0v) is 21.5. The van der Waals surface area contributed by atoms with Crippen molar-refractivity contribution in [2.75, 3.05) is 20.0 Å². The molecule has 1 heterocycles. The molecule has 0 unspecified atom stereocenters. The Bertz CT molecular complexity index is 1170. The van der Waals surface area contributed by atoms with Gasteiger partial charge in [0.25, 0.3) is 0 Å². The molecule has 0 radical (unpaired) electrons. The molecule has 1 aliphatic heterocycles. The number of esters is 1. The third-order valence-electron chi connectivity index (χ3n) is 6.60. The number of benzene rings is 2. The fourth-order valence-electron chi connectivity index (χ4n) is 4.60. The molecule has 9 heteroatoms. The SMILES string of the molecule is CCCC[C@]1(CC)CS(=O)(=O)c2cc(CNC(=O)C(=O)OC)c(OC)cc2[C@@H](c2ccccc2)N1. The molecule has 190 valence electrons. The van der Waals surface area contributed by atoms with Gasteiger partial charge in [-0.2, -0.15) is 0 Å². The van der Waals surface area contributed by atoms with Crippen molar-refractivity contribution in [3.8, 4) is 5.75 Å². The Morgan fingerprint density at radius 2 is 1.86 bits per heavy atom. The summed E-state index contributed by atoms with van der Waals surface area (Å²) in [7, 11) is -1.09. The van der Waals surface area contributed by atoms with E-state index in [1.807, 2.05) is 37.3 Å². The van der Waals surface area contributed by atoms with Crippen molar-refractivity contribution in [3.63, 3.8) is 0 Å². The molecule has 0 aromatic heterocycles. The van der Waals surface area contributed by atoms with Gasteiger partial charge >= 0.3 is 11.9 Å². The number of methoxy groups -OCH3 is 2. The largest absolute Gasteiger partial charge is 0.496 e. The summed E-state index contributed by atoms with van der Waals surface area (Å²) >= 11 is 0. The van der Waals surface area contributed by atoms with Crippen LogP contribution in [0.1, 0.15) is 62.3 Å². The summed E-state index contributed by atoms with van der Waals surface area (Å²) in [6, 6.07) is 12.7. The fourth-order valence-corrected chi connectivity index (χ4v) is 6.77. The van der Waals surface area contributed by atoms with Gasteiger partial charge in [0.15, 0.2) is 9.84 Å². The maximum atomic E-state index is 13.8. The van der Waals surface area contributed by atoms with Crippen molar-refractivity contribution in [1.82, 2.24) is 10.6 Å². The number of ether oxygens (including phenoxy) is 2. The van der Waals surface area contributed by atoms with Crippen LogP contribution in [0.25, 0.3) is 0 Å². The van der Waals surface area contributed by atoms with Crippen molar-refractivity contribution < 1.29 is 27.5 Å². The summed E-state index contributed by atoms with van der Waals surface area (Å²) in [5.74, 6) is -1.55. The lowest BCUT2D eigenvalue weighted by Gasteiger charge is -2.36. The normalized spacial score (nSPS) is 20.9. The minimum atomic E-state index is -3.70. The Morgan fingerprint density at radius 1 is 1.14 bits per heavy atom. The van der Waals surface area contributed by atoms with E-state index in [1.165, 1.54) is 7.11 Å². The lowest BCUT2D eigenvalue weighted by molar-refractivity contribution is -0.152. The quantitative estimate of drug-likeness (QED) is 0.421. The van der Waals surface area contributed by atoms with E-state index in [9.17, 15) is 18.0 Å². The molecule has 0 saturated carbocycles. The van der Waals surface area contributed by atoms with Crippen LogP contribution in [0.2, 0.25) is 0 Å². The van der Waals surface area contributed by atoms with Gasteiger partial charge in [-0.15, -0.1) is 0 Å². The fraction of sp³-hybridized carbons (Fsp3) is 0.462. The standard InChI is InChI=1S/C26H34N2O6S/c1-5-7-13-26(6-2)17-35(31,32)22-14-19(16-27-24(29)25(30)34-4)21(33-3)15-20(22)23(28-26)18-11-9-8-10-12-18/h8-12,14-15,23,28H,5-7,13,16-17H2,1-4H3,(H,27,29)/t23-,26-/m1/s1. The van der Waals surface area contributed by atoms with E-state index in [-0.39, 0.29) is 23.2 Å². The smallest absolute Gasteiger partial charge is 0.396 e. The van der Waals surface area contributed by atoms with Crippen LogP contribution in [-0.2, 0) is 30.7 Å². The first-order valence-corrected chi connectivity index (χ1v) is 13.5. The van der Waals surface area contributed by atoms with Crippen LogP contribution < -0.4 is 15.4 Å². The lowest BCUT2D eigenvalue weighted by Crippen LogP contribution is -2.50. The summed E-state index contributed by atoms with van der Waals surface area (Å²) in [4.78, 5) is 23.6. The van der Waals surface area contributed by atoms with Gasteiger partial charge in [-0.05, 0) is 36.1 Å². The molecule has 8 nitrogen and oxygen atoms in total. The Morgan fingerprint density at radius 3 is 2.46 bits per heavy atom. The van der Waals surface area contributed by atoms with E-state index in [4.69, 9.17) is 4.74 Å². The van der Waals surface area contributed by atoms with Crippen LogP contribution in [0.15, 0.2) is 47.4 Å². The zero-order chi connectivity index (χ0) is 25.6. The number of nitrogens with one attached hydrogen (secondary N) is 2. The number of amides is 1. The minimum Gasteiger partial charge on any atom is -0.496 e. The van der Waals surface area contributed by atoms with Crippen LogP contribution in [0.3, 0.4) is 0 Å². The predicted octanol–water partition coefficient (Wildman–Crippen LogP) is 3.29. The summed E-state index contributed by atoms with van der Waals surface area (Å²) in [5, 5.41) is 6.19. The Balaban J connectivity index is 2.16. The van der Waals surface area contributed by atoms with Crippen molar-refractivity contribution in [2.45, 2.75) is 62.6 Å². The van der Waals surface area contributed by atoms with Crippen LogP contribution in [0.5, 0.6) is 5.75 Å². The Hall–Kier alpha value is -2.91. The van der Waals surface area contributed by atoms with Gasteiger partial charge in [0.1, 0.15) is 5.75 Å². The van der Waals surface area contributed by atoms with E-state index < -0.39 is 27.3 Å². The van der Waals surface area contributed by atoms with Gasteiger partial charge in [-0.25, -0.2) is 13.2 Å². The zero-order valence-electron chi connectivity index (χ0n) is 20.7. The summed E-state index contributed by atoms with van der Waals surface area (Å²) in [6.07, 6.45) is 3.26. The number of carbonyl (C=O) groups is 2. The number of fused-ring (bicyclic) bond motifs is 1. The van der Waals surface area contributed by atoms with Gasteiger partial charge in [0.05, 0.1) is 30.9 Å². The maximum Gasteiger partial charge on any atom is 0.396 e. The summed E-state index contributed by atoms with van der Waals surface area (Å²) < 4.78 is 37.6. The summed E-state index contributed by atoms with van der Waals surface area (Å²) in [6.45, 7) is 4.03. The Kier molecular flexibility index (Phi) is 8.56. The second-order valence-corrected chi connectivity index (χ2v) is 10.8. The first-order chi connectivity index (χ1) is 16.7. The molecule has 2 atom stereocenters. The molecule has 0 saturated heterocycles. The van der Waals surface area contributed by atoms with Gasteiger partial charge in [0, 0.05) is 17.6 Å². The van der Waals surface area contributed by atoms with Crippen LogP contribution in [-0.4, -0.2) is 45.8 Å². The second kappa shape index (κ2) is 11.2. The molecule has 0 bridgehead atoms. The van der Waals surface area contributed by atoms with Crippen LogP contribution in [0, 0.1) is 0 Å². The van der Waals surface area contributed by atoms with Crippen molar-refractivity contribution in [3.05, 3.63) is 59.2 Å². The average Bonchev–Trinajstić information content (AvgIpc) is 2.97. The van der Waals surface area contributed by atoms with Crippen molar-refractivity contribution >= 4 is 21.7 Å². The third kappa shape index (κ3) is 5.85. The minimum absolute atomic E-state index is 0.0346. The lowest BCUT2D eigenvalue weighted by atomic mass is 9.88. The van der Waals surface area contributed by atoms with Crippen LogP contribution in [0.4, 0.5) is 0 Å². The van der Waals surface area contributed by atoms with E-state index in [2.05, 4.69) is 22.3 Å². The van der Waals surface area contributed by atoms with Crippen molar-refractivity contribution in [2.24, 2.45) is 0 Å². The van der Waals surface area contributed by atoms with Crippen molar-refractivity contribution in [1.29, 1.82) is 0 Å². The van der Waals surface area contributed by atoms with E-state index in [1.54, 1.807) is 12.1 Å². The van der Waals surface area contributed by atoms with Gasteiger partial charge < -0.3 is 14.8 Å². The molecule has 1 amide bonds. The van der Waals surface area contributed by atoms with Gasteiger partial charge in [-0.1, -0.05) is 57.0 Å². The van der Waals surface area contributed by atoms with Crippen LogP contribution >= 0.6 is 0 Å². The van der Waals surface area contributed by atoms with Gasteiger partial charge in [-0.3, -0.25) is 10.1 Å². The number of carbonyl (C=O) groups excluding carboxylic acids is 2. The number of unbranched alkanes of at least 4 members (excludes halogenated alkanes) is 1. The molecule has 0 spiro atoms. The Labute approximate surface area is 207 Å². The maximum absolute atomic E-state index is 13.8. The highest BCUT2D eigenvalue weighted by molar-refractivity contribution is 7.91. The molecule has 2 N–H and O–H groups in total. The number of rotatable bonds is 8. The molecular formula is C26H34N2O6S. The molecule has 0 fully saturated rings. The number of hydrogen-bond acceptors (Lipinski definition) is 7. The third-order valence-corrected chi connectivity index (χ3v) is 8.56. The molecule has 1 aliphatic rings. The van der Waals surface area contributed by atoms with E-state index in [0.717, 1.165) is 31.9 Å². The predicted molar refractivity (Wildman–Crippen MR) is 133 cm³/mol. The van der Waals surface area contributed by atoms with Gasteiger partial charge in [0.2, 0.25) is 0 Å². The van der Waals surface area contributed by atoms with E-state index >= 15 is 0 Å². The molecule has 3 rings (SSSR count). The molecule has 0 aliphatic carbocycles. The number of hydrogen-bond donors (Lipinski definition) is 2. The molecule has 2 aromatic carbocycles. The summed E-state index contributed by atoms with van der Waals surface area (Å²) in [5.41, 5.74) is 1.41. The highest BCUT2D eigenvalue weighted by Gasteiger charge is 2.42. The first-order valence-electron chi connectivity index (χ1n) is 11.8. The monoisotopic (exact) mass is 502 g/mol.